The van der Waals surface area contributed by atoms with Gasteiger partial charge in [0.25, 0.3) is 5.56 Å². The Bertz CT molecular complexity index is 389. The molecule has 0 spiro atoms. The molecule has 0 bridgehead atoms. The first-order chi connectivity index (χ1) is 7.56. The van der Waals surface area contributed by atoms with Crippen molar-refractivity contribution >= 4 is 5.82 Å². The molecule has 0 fully saturated rings. The van der Waals surface area contributed by atoms with Crippen molar-refractivity contribution in [3.05, 3.63) is 22.7 Å². The van der Waals surface area contributed by atoms with E-state index in [-0.39, 0.29) is 11.4 Å². The molecule has 6 nitrogen and oxygen atoms in total. The average Bonchev–Trinajstić information content (AvgIpc) is 2.27. The molecule has 2 unspecified atom stereocenters. The number of aryl methyl sites for hydroxylation is 1. The molecule has 1 heterocycles. The van der Waals surface area contributed by atoms with E-state index in [9.17, 15) is 9.90 Å². The van der Waals surface area contributed by atoms with E-state index in [0.717, 1.165) is 0 Å². The van der Waals surface area contributed by atoms with Gasteiger partial charge in [-0.25, -0.2) is 4.98 Å². The number of aromatic nitrogens is 2. The smallest absolute Gasteiger partial charge is 0.293 e. The first-order valence-electron chi connectivity index (χ1n) is 5.29. The first-order valence-corrected chi connectivity index (χ1v) is 5.29. The Morgan fingerprint density at radius 2 is 2.38 bits per heavy atom. The zero-order valence-corrected chi connectivity index (χ0v) is 9.55. The second-order valence-electron chi connectivity index (χ2n) is 3.65. The molecule has 0 aliphatic rings. The van der Waals surface area contributed by atoms with Gasteiger partial charge in [-0.2, -0.15) is 0 Å². The molecule has 1 aromatic rings. The molecule has 4 N–H and O–H groups in total. The number of aliphatic hydroxyl groups excluding tert-OH is 1. The summed E-state index contributed by atoms with van der Waals surface area (Å²) in [6.07, 6.45) is 2.56. The molecule has 16 heavy (non-hydrogen) atoms. The normalized spacial score (nSPS) is 14.5. The van der Waals surface area contributed by atoms with Gasteiger partial charge in [-0.05, 0) is 13.8 Å². The highest BCUT2D eigenvalue weighted by atomic mass is 16.3. The Balaban J connectivity index is 2.71. The van der Waals surface area contributed by atoms with Crippen LogP contribution in [0.5, 0.6) is 0 Å². The molecule has 2 atom stereocenters. The monoisotopic (exact) mass is 226 g/mol. The SMILES string of the molecule is CCn1ccnc(NCC(N)C(C)O)c1=O. The van der Waals surface area contributed by atoms with Gasteiger partial charge < -0.3 is 20.7 Å². The van der Waals surface area contributed by atoms with Gasteiger partial charge in [0, 0.05) is 31.5 Å². The molecule has 0 saturated heterocycles. The van der Waals surface area contributed by atoms with Crippen molar-refractivity contribution in [3.8, 4) is 0 Å². The van der Waals surface area contributed by atoms with Crippen LogP contribution in [0.4, 0.5) is 5.82 Å². The Hall–Kier alpha value is -1.40. The van der Waals surface area contributed by atoms with Crippen LogP contribution < -0.4 is 16.6 Å². The standard InChI is InChI=1S/C10H18N4O2/c1-3-14-5-4-12-9(10(14)16)13-6-8(11)7(2)15/h4-5,7-8,15H,3,6,11H2,1-2H3,(H,12,13). The number of hydrogen-bond donors (Lipinski definition) is 3. The molecule has 0 amide bonds. The van der Waals surface area contributed by atoms with Gasteiger partial charge in [0.1, 0.15) is 0 Å². The number of nitrogens with zero attached hydrogens (tertiary/aromatic N) is 2. The van der Waals surface area contributed by atoms with Crippen LogP contribution in [0.15, 0.2) is 17.2 Å². The number of aliphatic hydroxyl groups is 1. The molecular weight excluding hydrogens is 208 g/mol. The van der Waals surface area contributed by atoms with E-state index < -0.39 is 12.1 Å². The third kappa shape index (κ3) is 3.04. The second kappa shape index (κ2) is 5.62. The summed E-state index contributed by atoms with van der Waals surface area (Å²) in [7, 11) is 0. The first kappa shape index (κ1) is 12.7. The number of anilines is 1. The van der Waals surface area contributed by atoms with E-state index in [0.29, 0.717) is 13.1 Å². The fourth-order valence-electron chi connectivity index (χ4n) is 1.20. The van der Waals surface area contributed by atoms with E-state index in [1.165, 1.54) is 0 Å². The second-order valence-corrected chi connectivity index (χ2v) is 3.65. The quantitative estimate of drug-likeness (QED) is 0.622. The zero-order valence-electron chi connectivity index (χ0n) is 9.55. The van der Waals surface area contributed by atoms with Crippen molar-refractivity contribution in [2.24, 2.45) is 5.73 Å². The zero-order chi connectivity index (χ0) is 12.1. The summed E-state index contributed by atoms with van der Waals surface area (Å²) in [6, 6.07) is -0.420. The van der Waals surface area contributed by atoms with Crippen LogP contribution in [-0.4, -0.2) is 33.3 Å². The van der Waals surface area contributed by atoms with Gasteiger partial charge in [0.05, 0.1) is 6.10 Å². The molecule has 0 aliphatic carbocycles. The van der Waals surface area contributed by atoms with Crippen LogP contribution in [0.25, 0.3) is 0 Å². The average molecular weight is 226 g/mol. The van der Waals surface area contributed by atoms with Crippen LogP contribution in [0.2, 0.25) is 0 Å². The van der Waals surface area contributed by atoms with E-state index in [1.807, 2.05) is 6.92 Å². The van der Waals surface area contributed by atoms with E-state index in [2.05, 4.69) is 10.3 Å². The van der Waals surface area contributed by atoms with Gasteiger partial charge in [-0.15, -0.1) is 0 Å². The van der Waals surface area contributed by atoms with Crippen molar-refractivity contribution in [3.63, 3.8) is 0 Å². The summed E-state index contributed by atoms with van der Waals surface area (Å²) in [5.41, 5.74) is 5.46. The lowest BCUT2D eigenvalue weighted by Crippen LogP contribution is -2.40. The number of nitrogens with one attached hydrogen (secondary N) is 1. The topological polar surface area (TPSA) is 93.2 Å². The number of rotatable bonds is 5. The minimum absolute atomic E-state index is 0.178. The van der Waals surface area contributed by atoms with Gasteiger partial charge in [0.2, 0.25) is 0 Å². The van der Waals surface area contributed by atoms with Crippen molar-refractivity contribution in [2.75, 3.05) is 11.9 Å². The lowest BCUT2D eigenvalue weighted by molar-refractivity contribution is 0.168. The van der Waals surface area contributed by atoms with Gasteiger partial charge in [0.15, 0.2) is 5.82 Å². The lowest BCUT2D eigenvalue weighted by atomic mass is 10.2. The Kier molecular flexibility index (Phi) is 4.45. The predicted octanol–water partition coefficient (Wildman–Crippen LogP) is -0.617. The summed E-state index contributed by atoms with van der Waals surface area (Å²) < 4.78 is 1.54. The number of nitrogens with two attached hydrogens (primary N) is 1. The van der Waals surface area contributed by atoms with Crippen LogP contribution >= 0.6 is 0 Å². The number of hydrogen-bond acceptors (Lipinski definition) is 5. The molecule has 0 aromatic carbocycles. The predicted molar refractivity (Wildman–Crippen MR) is 62.3 cm³/mol. The summed E-state index contributed by atoms with van der Waals surface area (Å²) in [6.45, 7) is 4.40. The van der Waals surface area contributed by atoms with Crippen LogP contribution in [0, 0.1) is 0 Å². The molecule has 6 heteroatoms. The van der Waals surface area contributed by atoms with E-state index in [4.69, 9.17) is 5.73 Å². The third-order valence-electron chi connectivity index (χ3n) is 2.38. The Labute approximate surface area is 94.1 Å². The van der Waals surface area contributed by atoms with Gasteiger partial charge in [-0.1, -0.05) is 0 Å². The minimum atomic E-state index is -0.621. The van der Waals surface area contributed by atoms with Crippen LogP contribution in [0.1, 0.15) is 13.8 Å². The van der Waals surface area contributed by atoms with Crippen LogP contribution in [0.3, 0.4) is 0 Å². The molecule has 0 radical (unpaired) electrons. The fraction of sp³-hybridized carbons (Fsp3) is 0.600. The van der Waals surface area contributed by atoms with Gasteiger partial charge >= 0.3 is 0 Å². The largest absolute Gasteiger partial charge is 0.392 e. The summed E-state index contributed by atoms with van der Waals surface area (Å²) in [5.74, 6) is 0.264. The minimum Gasteiger partial charge on any atom is -0.392 e. The molecule has 0 saturated carbocycles. The van der Waals surface area contributed by atoms with E-state index >= 15 is 0 Å². The van der Waals surface area contributed by atoms with Crippen molar-refractivity contribution in [2.45, 2.75) is 32.5 Å². The van der Waals surface area contributed by atoms with E-state index in [1.54, 1.807) is 23.9 Å². The molecule has 1 aromatic heterocycles. The van der Waals surface area contributed by atoms with Gasteiger partial charge in [-0.3, -0.25) is 4.79 Å². The Morgan fingerprint density at radius 3 is 2.94 bits per heavy atom. The van der Waals surface area contributed by atoms with Crippen molar-refractivity contribution in [1.29, 1.82) is 0 Å². The van der Waals surface area contributed by atoms with Crippen molar-refractivity contribution < 1.29 is 5.11 Å². The lowest BCUT2D eigenvalue weighted by Gasteiger charge is -2.15. The maximum atomic E-state index is 11.7. The Morgan fingerprint density at radius 1 is 1.69 bits per heavy atom. The molecular formula is C10H18N4O2. The van der Waals surface area contributed by atoms with Crippen LogP contribution in [-0.2, 0) is 6.54 Å². The molecule has 1 rings (SSSR count). The molecule has 0 aliphatic heterocycles. The van der Waals surface area contributed by atoms with Crippen molar-refractivity contribution in [1.82, 2.24) is 9.55 Å². The summed E-state index contributed by atoms with van der Waals surface area (Å²) in [5, 5.41) is 12.0. The highest BCUT2D eigenvalue weighted by Crippen LogP contribution is 1.95. The fourth-order valence-corrected chi connectivity index (χ4v) is 1.20. The summed E-state index contributed by atoms with van der Waals surface area (Å²) >= 11 is 0. The third-order valence-corrected chi connectivity index (χ3v) is 2.38. The highest BCUT2D eigenvalue weighted by molar-refractivity contribution is 5.30. The maximum absolute atomic E-state index is 11.7. The summed E-state index contributed by atoms with van der Waals surface area (Å²) in [4.78, 5) is 15.7. The highest BCUT2D eigenvalue weighted by Gasteiger charge is 2.10. The maximum Gasteiger partial charge on any atom is 0.293 e. The molecule has 90 valence electrons.